The van der Waals surface area contributed by atoms with E-state index in [2.05, 4.69) is 27.6 Å². The molecule has 1 aromatic carbocycles. The van der Waals surface area contributed by atoms with E-state index in [4.69, 9.17) is 11.6 Å². The topological polar surface area (TPSA) is 54.2 Å². The molecule has 0 bridgehead atoms. The molecular formula is C17H24ClN5. The summed E-state index contributed by atoms with van der Waals surface area (Å²) in [5, 5.41) is 11.6. The molecule has 23 heavy (non-hydrogen) atoms. The van der Waals surface area contributed by atoms with Crippen molar-refractivity contribution in [3.63, 3.8) is 0 Å². The van der Waals surface area contributed by atoms with Crippen LogP contribution in [-0.4, -0.2) is 35.4 Å². The average molecular weight is 334 g/mol. The summed E-state index contributed by atoms with van der Waals surface area (Å²) < 4.78 is 1.82. The zero-order valence-electron chi connectivity index (χ0n) is 13.7. The minimum absolute atomic E-state index is 0.700. The van der Waals surface area contributed by atoms with E-state index < -0.39 is 0 Å². The number of hydrogen-bond acceptors (Lipinski definition) is 2. The number of rotatable bonds is 7. The predicted molar refractivity (Wildman–Crippen MR) is 96.0 cm³/mol. The third-order valence-corrected chi connectivity index (χ3v) is 3.79. The van der Waals surface area contributed by atoms with Crippen molar-refractivity contribution in [2.75, 3.05) is 19.6 Å². The van der Waals surface area contributed by atoms with Gasteiger partial charge in [0.1, 0.15) is 0 Å². The van der Waals surface area contributed by atoms with Crippen LogP contribution in [0.1, 0.15) is 18.1 Å². The fourth-order valence-corrected chi connectivity index (χ4v) is 2.49. The first-order chi connectivity index (χ1) is 11.2. The molecule has 0 radical (unpaired) electrons. The van der Waals surface area contributed by atoms with E-state index in [9.17, 15) is 0 Å². The molecule has 0 atom stereocenters. The minimum Gasteiger partial charge on any atom is -0.357 e. The highest BCUT2D eigenvalue weighted by Gasteiger charge is 2.01. The Hall–Kier alpha value is -2.01. The Morgan fingerprint density at radius 1 is 1.26 bits per heavy atom. The van der Waals surface area contributed by atoms with E-state index in [1.807, 2.05) is 48.4 Å². The van der Waals surface area contributed by atoms with Crippen molar-refractivity contribution in [2.45, 2.75) is 19.8 Å². The molecular weight excluding hydrogens is 310 g/mol. The van der Waals surface area contributed by atoms with Crippen molar-refractivity contribution >= 4 is 17.6 Å². The van der Waals surface area contributed by atoms with Crippen LogP contribution in [0.2, 0.25) is 5.02 Å². The summed E-state index contributed by atoms with van der Waals surface area (Å²) >= 11 is 6.17. The first kappa shape index (κ1) is 17.3. The van der Waals surface area contributed by atoms with Gasteiger partial charge >= 0.3 is 0 Å². The first-order valence-electron chi connectivity index (χ1n) is 7.92. The molecule has 0 saturated heterocycles. The standard InChI is InChI=1S/C17H24ClN5/c1-3-19-17(20-10-8-14-12-22-23(2)13-14)21-11-9-15-6-4-5-7-16(15)18/h4-7,12-13H,3,8-11H2,1-2H3,(H2,19,20,21). The Bertz CT molecular complexity index is 635. The molecule has 0 amide bonds. The Morgan fingerprint density at radius 2 is 2.09 bits per heavy atom. The number of guanidine groups is 1. The summed E-state index contributed by atoms with van der Waals surface area (Å²) in [4.78, 5) is 4.60. The molecule has 1 aromatic heterocycles. The van der Waals surface area contributed by atoms with Gasteiger partial charge in [-0.15, -0.1) is 0 Å². The molecule has 2 N–H and O–H groups in total. The Kier molecular flexibility index (Phi) is 6.94. The molecule has 6 heteroatoms. The van der Waals surface area contributed by atoms with E-state index in [-0.39, 0.29) is 0 Å². The number of halogens is 1. The van der Waals surface area contributed by atoms with Gasteiger partial charge in [0.05, 0.1) is 6.20 Å². The monoisotopic (exact) mass is 333 g/mol. The van der Waals surface area contributed by atoms with Gasteiger partial charge in [0, 0.05) is 37.9 Å². The van der Waals surface area contributed by atoms with E-state index in [0.717, 1.165) is 42.5 Å². The minimum atomic E-state index is 0.700. The number of benzene rings is 1. The number of aromatic nitrogens is 2. The number of nitrogens with one attached hydrogen (secondary N) is 2. The number of aliphatic imine (C=N–C) groups is 1. The summed E-state index contributed by atoms with van der Waals surface area (Å²) in [6.07, 6.45) is 5.67. The second kappa shape index (κ2) is 9.20. The van der Waals surface area contributed by atoms with E-state index in [1.54, 1.807) is 0 Å². The van der Waals surface area contributed by atoms with Crippen LogP contribution in [0.25, 0.3) is 0 Å². The second-order valence-corrected chi connectivity index (χ2v) is 5.71. The van der Waals surface area contributed by atoms with Gasteiger partial charge < -0.3 is 10.6 Å². The van der Waals surface area contributed by atoms with Gasteiger partial charge in [0.25, 0.3) is 0 Å². The molecule has 5 nitrogen and oxygen atoms in total. The number of hydrogen-bond donors (Lipinski definition) is 2. The molecule has 0 aliphatic carbocycles. The lowest BCUT2D eigenvalue weighted by Crippen LogP contribution is -2.38. The maximum atomic E-state index is 6.17. The highest BCUT2D eigenvalue weighted by Crippen LogP contribution is 2.15. The van der Waals surface area contributed by atoms with Crippen LogP contribution < -0.4 is 10.6 Å². The SMILES string of the molecule is CCNC(=NCCc1ccccc1Cl)NCCc1cnn(C)c1. The fraction of sp³-hybridized carbons (Fsp3) is 0.412. The Labute approximate surface area is 142 Å². The van der Waals surface area contributed by atoms with Gasteiger partial charge in [-0.2, -0.15) is 5.10 Å². The third-order valence-electron chi connectivity index (χ3n) is 3.42. The molecule has 1 heterocycles. The van der Waals surface area contributed by atoms with Crippen LogP contribution >= 0.6 is 11.6 Å². The summed E-state index contributed by atoms with van der Waals surface area (Å²) in [6, 6.07) is 7.90. The van der Waals surface area contributed by atoms with Crippen molar-refractivity contribution in [1.82, 2.24) is 20.4 Å². The normalized spacial score (nSPS) is 11.5. The second-order valence-electron chi connectivity index (χ2n) is 5.30. The molecule has 0 spiro atoms. The van der Waals surface area contributed by atoms with Gasteiger partial charge in [-0.3, -0.25) is 9.67 Å². The van der Waals surface area contributed by atoms with Crippen molar-refractivity contribution in [2.24, 2.45) is 12.0 Å². The van der Waals surface area contributed by atoms with Crippen LogP contribution in [0.3, 0.4) is 0 Å². The lowest BCUT2D eigenvalue weighted by molar-refractivity contribution is 0.765. The maximum Gasteiger partial charge on any atom is 0.191 e. The quantitative estimate of drug-likeness (QED) is 0.604. The zero-order valence-corrected chi connectivity index (χ0v) is 14.5. The summed E-state index contributed by atoms with van der Waals surface area (Å²) in [5.74, 6) is 0.837. The summed E-state index contributed by atoms with van der Waals surface area (Å²) in [7, 11) is 1.93. The molecule has 2 rings (SSSR count). The fourth-order valence-electron chi connectivity index (χ4n) is 2.26. The molecule has 0 unspecified atom stereocenters. The zero-order chi connectivity index (χ0) is 16.5. The van der Waals surface area contributed by atoms with Crippen molar-refractivity contribution in [3.05, 3.63) is 52.8 Å². The Morgan fingerprint density at radius 3 is 2.78 bits per heavy atom. The molecule has 0 aliphatic heterocycles. The van der Waals surface area contributed by atoms with Gasteiger partial charge in [-0.25, -0.2) is 0 Å². The molecule has 0 aliphatic rings. The van der Waals surface area contributed by atoms with E-state index >= 15 is 0 Å². The predicted octanol–water partition coefficient (Wildman–Crippen LogP) is 2.41. The highest BCUT2D eigenvalue weighted by atomic mass is 35.5. The van der Waals surface area contributed by atoms with Crippen LogP contribution in [0.5, 0.6) is 0 Å². The van der Waals surface area contributed by atoms with Crippen molar-refractivity contribution in [1.29, 1.82) is 0 Å². The summed E-state index contributed by atoms with van der Waals surface area (Å²) in [5.41, 5.74) is 2.34. The van der Waals surface area contributed by atoms with E-state index in [1.165, 1.54) is 5.56 Å². The smallest absolute Gasteiger partial charge is 0.191 e. The van der Waals surface area contributed by atoms with Crippen LogP contribution in [0, 0.1) is 0 Å². The summed E-state index contributed by atoms with van der Waals surface area (Å²) in [6.45, 7) is 4.42. The van der Waals surface area contributed by atoms with E-state index in [0.29, 0.717) is 6.54 Å². The third kappa shape index (κ3) is 5.94. The first-order valence-corrected chi connectivity index (χ1v) is 8.30. The maximum absolute atomic E-state index is 6.17. The molecule has 0 fully saturated rings. The lowest BCUT2D eigenvalue weighted by atomic mass is 10.1. The van der Waals surface area contributed by atoms with Crippen molar-refractivity contribution in [3.8, 4) is 0 Å². The van der Waals surface area contributed by atoms with Crippen LogP contribution in [0.4, 0.5) is 0 Å². The van der Waals surface area contributed by atoms with Gasteiger partial charge in [0.15, 0.2) is 5.96 Å². The molecule has 0 saturated carbocycles. The molecule has 2 aromatic rings. The van der Waals surface area contributed by atoms with Gasteiger partial charge in [-0.1, -0.05) is 29.8 Å². The highest BCUT2D eigenvalue weighted by molar-refractivity contribution is 6.31. The van der Waals surface area contributed by atoms with Crippen molar-refractivity contribution < 1.29 is 0 Å². The largest absolute Gasteiger partial charge is 0.357 e. The number of aryl methyl sites for hydroxylation is 1. The number of nitrogens with zero attached hydrogens (tertiary/aromatic N) is 3. The van der Waals surface area contributed by atoms with Gasteiger partial charge in [-0.05, 0) is 37.0 Å². The Balaban J connectivity index is 1.81. The average Bonchev–Trinajstić information content (AvgIpc) is 2.94. The van der Waals surface area contributed by atoms with Gasteiger partial charge in [0.2, 0.25) is 0 Å². The molecule has 124 valence electrons. The lowest BCUT2D eigenvalue weighted by Gasteiger charge is -2.11. The van der Waals surface area contributed by atoms with Crippen LogP contribution in [0.15, 0.2) is 41.7 Å². The van der Waals surface area contributed by atoms with Crippen LogP contribution in [-0.2, 0) is 19.9 Å².